The summed E-state index contributed by atoms with van der Waals surface area (Å²) >= 11 is 0. The van der Waals surface area contributed by atoms with E-state index >= 15 is 0 Å². The standard InChI is InChI=1S/C11H19N5O2/c1-8-15-9(12-2)6-10(16-8)14-7-11(17)13-4-5-18-3/h6H,4-5,7H2,1-3H3,(H,13,17)(H2,12,14,15,16). The molecule has 0 aromatic carbocycles. The monoisotopic (exact) mass is 253 g/mol. The van der Waals surface area contributed by atoms with Gasteiger partial charge in [0.05, 0.1) is 13.2 Å². The molecule has 18 heavy (non-hydrogen) atoms. The van der Waals surface area contributed by atoms with Gasteiger partial charge < -0.3 is 20.7 Å². The molecule has 1 rings (SSSR count). The molecular weight excluding hydrogens is 234 g/mol. The van der Waals surface area contributed by atoms with E-state index in [0.717, 1.165) is 0 Å². The molecule has 0 unspecified atom stereocenters. The number of hydrogen-bond donors (Lipinski definition) is 3. The van der Waals surface area contributed by atoms with Gasteiger partial charge in [0.2, 0.25) is 5.91 Å². The average Bonchev–Trinajstić information content (AvgIpc) is 2.36. The summed E-state index contributed by atoms with van der Waals surface area (Å²) in [5, 5.41) is 8.58. The minimum Gasteiger partial charge on any atom is -0.383 e. The van der Waals surface area contributed by atoms with Crippen molar-refractivity contribution in [2.24, 2.45) is 0 Å². The van der Waals surface area contributed by atoms with Crippen LogP contribution in [0.15, 0.2) is 6.07 Å². The Bertz CT molecular complexity index is 397. The van der Waals surface area contributed by atoms with Crippen LogP contribution in [0.1, 0.15) is 5.82 Å². The van der Waals surface area contributed by atoms with Crippen molar-refractivity contribution < 1.29 is 9.53 Å². The zero-order valence-corrected chi connectivity index (χ0v) is 10.9. The molecule has 0 bridgehead atoms. The maximum Gasteiger partial charge on any atom is 0.239 e. The third kappa shape index (κ3) is 4.96. The predicted molar refractivity (Wildman–Crippen MR) is 69.7 cm³/mol. The number of carbonyl (C=O) groups is 1. The Kier molecular flexibility index (Phi) is 5.86. The Morgan fingerprint density at radius 2 is 2.11 bits per heavy atom. The normalized spacial score (nSPS) is 9.94. The lowest BCUT2D eigenvalue weighted by Crippen LogP contribution is -2.32. The van der Waals surface area contributed by atoms with Gasteiger partial charge in [-0.15, -0.1) is 0 Å². The third-order valence-corrected chi connectivity index (χ3v) is 2.15. The van der Waals surface area contributed by atoms with E-state index in [0.29, 0.717) is 30.6 Å². The largest absolute Gasteiger partial charge is 0.383 e. The Morgan fingerprint density at radius 1 is 1.39 bits per heavy atom. The molecule has 1 aromatic rings. The smallest absolute Gasteiger partial charge is 0.239 e. The van der Waals surface area contributed by atoms with Crippen molar-refractivity contribution in [1.82, 2.24) is 15.3 Å². The van der Waals surface area contributed by atoms with Crippen LogP contribution >= 0.6 is 0 Å². The zero-order valence-electron chi connectivity index (χ0n) is 10.9. The van der Waals surface area contributed by atoms with Crippen molar-refractivity contribution in [1.29, 1.82) is 0 Å². The number of aromatic nitrogens is 2. The quantitative estimate of drug-likeness (QED) is 0.593. The summed E-state index contributed by atoms with van der Waals surface area (Å²) in [5.41, 5.74) is 0. The van der Waals surface area contributed by atoms with Crippen LogP contribution in [0, 0.1) is 6.92 Å². The molecule has 1 amide bonds. The lowest BCUT2D eigenvalue weighted by atomic mass is 10.4. The van der Waals surface area contributed by atoms with Crippen LogP contribution in [-0.4, -0.2) is 49.7 Å². The molecule has 0 aliphatic heterocycles. The van der Waals surface area contributed by atoms with Gasteiger partial charge in [0.15, 0.2) is 0 Å². The Morgan fingerprint density at radius 3 is 2.78 bits per heavy atom. The summed E-state index contributed by atoms with van der Waals surface area (Å²) in [6, 6.07) is 1.75. The Balaban J connectivity index is 2.43. The Labute approximate surface area is 106 Å². The third-order valence-electron chi connectivity index (χ3n) is 2.15. The fourth-order valence-corrected chi connectivity index (χ4v) is 1.31. The molecule has 0 atom stereocenters. The number of nitrogens with one attached hydrogen (secondary N) is 3. The first-order chi connectivity index (χ1) is 8.65. The predicted octanol–water partition coefficient (Wildman–Crippen LogP) is 0.00122. The van der Waals surface area contributed by atoms with E-state index in [9.17, 15) is 4.79 Å². The first-order valence-electron chi connectivity index (χ1n) is 5.68. The average molecular weight is 253 g/mol. The number of rotatable bonds is 7. The van der Waals surface area contributed by atoms with Gasteiger partial charge in [0.25, 0.3) is 0 Å². The van der Waals surface area contributed by atoms with Gasteiger partial charge in [-0.2, -0.15) is 0 Å². The van der Waals surface area contributed by atoms with Crippen LogP contribution in [-0.2, 0) is 9.53 Å². The molecule has 7 heteroatoms. The molecule has 1 heterocycles. The maximum absolute atomic E-state index is 11.4. The van der Waals surface area contributed by atoms with Gasteiger partial charge in [-0.05, 0) is 6.92 Å². The number of carbonyl (C=O) groups excluding carboxylic acids is 1. The van der Waals surface area contributed by atoms with Crippen LogP contribution in [0.3, 0.4) is 0 Å². The number of nitrogens with zero attached hydrogens (tertiary/aromatic N) is 2. The highest BCUT2D eigenvalue weighted by Gasteiger charge is 2.03. The second kappa shape index (κ2) is 7.44. The molecule has 0 saturated heterocycles. The van der Waals surface area contributed by atoms with Gasteiger partial charge in [0, 0.05) is 26.8 Å². The van der Waals surface area contributed by atoms with Crippen LogP contribution in [0.5, 0.6) is 0 Å². The lowest BCUT2D eigenvalue weighted by molar-refractivity contribution is -0.119. The van der Waals surface area contributed by atoms with E-state index in [1.54, 1.807) is 27.1 Å². The summed E-state index contributed by atoms with van der Waals surface area (Å²) in [5.74, 6) is 1.87. The SMILES string of the molecule is CNc1cc(NCC(=O)NCCOC)nc(C)n1. The molecule has 100 valence electrons. The van der Waals surface area contributed by atoms with Crippen molar-refractivity contribution in [2.75, 3.05) is 44.5 Å². The minimum absolute atomic E-state index is 0.102. The zero-order chi connectivity index (χ0) is 13.4. The second-order valence-electron chi connectivity index (χ2n) is 3.63. The molecule has 0 radical (unpaired) electrons. The fraction of sp³-hybridized carbons (Fsp3) is 0.545. The highest BCUT2D eigenvalue weighted by atomic mass is 16.5. The van der Waals surface area contributed by atoms with Crippen LogP contribution in [0.4, 0.5) is 11.6 Å². The van der Waals surface area contributed by atoms with E-state index in [2.05, 4.69) is 25.9 Å². The summed E-state index contributed by atoms with van der Waals surface area (Å²) in [6.45, 7) is 2.97. The topological polar surface area (TPSA) is 88.2 Å². The first kappa shape index (κ1) is 14.2. The van der Waals surface area contributed by atoms with E-state index in [4.69, 9.17) is 4.74 Å². The minimum atomic E-state index is -0.102. The fourth-order valence-electron chi connectivity index (χ4n) is 1.31. The van der Waals surface area contributed by atoms with E-state index in [1.807, 2.05) is 0 Å². The summed E-state index contributed by atoms with van der Waals surface area (Å²) in [6.07, 6.45) is 0. The summed E-state index contributed by atoms with van der Waals surface area (Å²) in [7, 11) is 3.37. The molecule has 0 aliphatic carbocycles. The van der Waals surface area contributed by atoms with Crippen molar-refractivity contribution in [3.05, 3.63) is 11.9 Å². The number of anilines is 2. The number of methoxy groups -OCH3 is 1. The first-order valence-corrected chi connectivity index (χ1v) is 5.68. The second-order valence-corrected chi connectivity index (χ2v) is 3.63. The molecular formula is C11H19N5O2. The van der Waals surface area contributed by atoms with Crippen molar-refractivity contribution >= 4 is 17.5 Å². The van der Waals surface area contributed by atoms with Crippen LogP contribution in [0.2, 0.25) is 0 Å². The van der Waals surface area contributed by atoms with Crippen LogP contribution < -0.4 is 16.0 Å². The molecule has 0 aliphatic rings. The number of amides is 1. The number of ether oxygens (including phenoxy) is 1. The number of aryl methyl sites for hydroxylation is 1. The van der Waals surface area contributed by atoms with Crippen LogP contribution in [0.25, 0.3) is 0 Å². The lowest BCUT2D eigenvalue weighted by Gasteiger charge is -2.08. The van der Waals surface area contributed by atoms with Gasteiger partial charge >= 0.3 is 0 Å². The van der Waals surface area contributed by atoms with Crippen molar-refractivity contribution in [3.63, 3.8) is 0 Å². The van der Waals surface area contributed by atoms with Crippen molar-refractivity contribution in [2.45, 2.75) is 6.92 Å². The molecule has 0 saturated carbocycles. The highest BCUT2D eigenvalue weighted by molar-refractivity contribution is 5.80. The van der Waals surface area contributed by atoms with Gasteiger partial charge in [-0.25, -0.2) is 9.97 Å². The molecule has 0 spiro atoms. The molecule has 0 fully saturated rings. The Hall–Kier alpha value is -1.89. The summed E-state index contributed by atoms with van der Waals surface area (Å²) < 4.78 is 4.84. The van der Waals surface area contributed by atoms with Gasteiger partial charge in [-0.1, -0.05) is 0 Å². The van der Waals surface area contributed by atoms with E-state index in [1.165, 1.54) is 0 Å². The molecule has 3 N–H and O–H groups in total. The van der Waals surface area contributed by atoms with Crippen molar-refractivity contribution in [3.8, 4) is 0 Å². The van der Waals surface area contributed by atoms with Gasteiger partial charge in [-0.3, -0.25) is 4.79 Å². The van der Waals surface area contributed by atoms with Gasteiger partial charge in [0.1, 0.15) is 17.5 Å². The molecule has 7 nitrogen and oxygen atoms in total. The van der Waals surface area contributed by atoms with E-state index in [-0.39, 0.29) is 12.5 Å². The maximum atomic E-state index is 11.4. The number of hydrogen-bond acceptors (Lipinski definition) is 6. The molecule has 1 aromatic heterocycles. The summed E-state index contributed by atoms with van der Waals surface area (Å²) in [4.78, 5) is 19.8. The van der Waals surface area contributed by atoms with E-state index < -0.39 is 0 Å². The highest BCUT2D eigenvalue weighted by Crippen LogP contribution is 2.09.